The van der Waals surface area contributed by atoms with Crippen molar-refractivity contribution in [3.63, 3.8) is 0 Å². The van der Waals surface area contributed by atoms with Gasteiger partial charge in [0, 0.05) is 11.8 Å². The number of ether oxygens (including phenoxy) is 2. The summed E-state index contributed by atoms with van der Waals surface area (Å²) in [5, 5.41) is 8.10. The molecule has 0 saturated heterocycles. The lowest BCUT2D eigenvalue weighted by Crippen LogP contribution is -2.46. The van der Waals surface area contributed by atoms with Crippen molar-refractivity contribution in [2.75, 3.05) is 19.5 Å². The number of urea groups is 1. The van der Waals surface area contributed by atoms with Crippen LogP contribution >= 0.6 is 0 Å². The first-order valence-electron chi connectivity index (χ1n) is 8.50. The Hall–Kier alpha value is -3.55. The zero-order chi connectivity index (χ0) is 20.3. The molecule has 1 aliphatic heterocycles. The lowest BCUT2D eigenvalue weighted by Gasteiger charge is -2.28. The summed E-state index contributed by atoms with van der Waals surface area (Å²) in [6.45, 7) is 1.63. The summed E-state index contributed by atoms with van der Waals surface area (Å²) in [6, 6.07) is 9.45. The van der Waals surface area contributed by atoms with Gasteiger partial charge in [0.1, 0.15) is 17.3 Å². The highest BCUT2D eigenvalue weighted by Crippen LogP contribution is 2.32. The lowest BCUT2D eigenvalue weighted by atomic mass is 9.95. The van der Waals surface area contributed by atoms with E-state index in [9.17, 15) is 14.0 Å². The minimum absolute atomic E-state index is 0.309. The summed E-state index contributed by atoms with van der Waals surface area (Å²) >= 11 is 0. The molecule has 0 bridgehead atoms. The SMILES string of the molecule is COc1ccc(NC(=O)C2=C(C)NC(=O)NC2c2ccc(F)cc2)c(OC)c1. The number of methoxy groups -OCH3 is 2. The Balaban J connectivity index is 1.94. The minimum Gasteiger partial charge on any atom is -0.497 e. The van der Waals surface area contributed by atoms with Crippen LogP contribution in [0.1, 0.15) is 18.5 Å². The molecule has 2 aromatic carbocycles. The number of hydrogen-bond donors (Lipinski definition) is 3. The molecule has 146 valence electrons. The third-order valence-electron chi connectivity index (χ3n) is 4.37. The number of nitrogens with one attached hydrogen (secondary N) is 3. The van der Waals surface area contributed by atoms with E-state index >= 15 is 0 Å². The van der Waals surface area contributed by atoms with Crippen LogP contribution < -0.4 is 25.4 Å². The Morgan fingerprint density at radius 2 is 1.82 bits per heavy atom. The summed E-state index contributed by atoms with van der Waals surface area (Å²) in [5.41, 5.74) is 1.75. The number of allylic oxidation sites excluding steroid dienone is 1. The molecule has 3 amide bonds. The Labute approximate surface area is 161 Å². The topological polar surface area (TPSA) is 88.7 Å². The minimum atomic E-state index is -0.724. The molecular formula is C20H20FN3O4. The van der Waals surface area contributed by atoms with Gasteiger partial charge in [0.15, 0.2) is 0 Å². The molecule has 0 aliphatic carbocycles. The van der Waals surface area contributed by atoms with Gasteiger partial charge in [-0.05, 0) is 36.8 Å². The molecule has 0 fully saturated rings. The largest absolute Gasteiger partial charge is 0.497 e. The van der Waals surface area contributed by atoms with Crippen LogP contribution in [0, 0.1) is 5.82 Å². The molecular weight excluding hydrogens is 365 g/mol. The molecule has 1 unspecified atom stereocenters. The number of halogens is 1. The van der Waals surface area contributed by atoms with Crippen LogP contribution in [-0.2, 0) is 4.79 Å². The highest BCUT2D eigenvalue weighted by molar-refractivity contribution is 6.07. The number of hydrogen-bond acceptors (Lipinski definition) is 4. The van der Waals surface area contributed by atoms with Crippen LogP contribution in [0.5, 0.6) is 11.5 Å². The second kappa shape index (κ2) is 7.99. The Morgan fingerprint density at radius 3 is 2.46 bits per heavy atom. The van der Waals surface area contributed by atoms with Gasteiger partial charge < -0.3 is 25.4 Å². The van der Waals surface area contributed by atoms with Crippen molar-refractivity contribution >= 4 is 17.6 Å². The van der Waals surface area contributed by atoms with E-state index in [1.807, 2.05) is 0 Å². The van der Waals surface area contributed by atoms with Crippen LogP contribution in [0.4, 0.5) is 14.9 Å². The maximum absolute atomic E-state index is 13.3. The highest BCUT2D eigenvalue weighted by atomic mass is 19.1. The first-order valence-corrected chi connectivity index (χ1v) is 8.50. The van der Waals surface area contributed by atoms with E-state index in [1.54, 1.807) is 25.1 Å². The third kappa shape index (κ3) is 3.90. The van der Waals surface area contributed by atoms with Gasteiger partial charge in [-0.3, -0.25) is 4.79 Å². The van der Waals surface area contributed by atoms with Gasteiger partial charge in [0.25, 0.3) is 5.91 Å². The Morgan fingerprint density at radius 1 is 1.11 bits per heavy atom. The van der Waals surface area contributed by atoms with Crippen LogP contribution in [0.25, 0.3) is 0 Å². The maximum atomic E-state index is 13.3. The van der Waals surface area contributed by atoms with Gasteiger partial charge in [-0.15, -0.1) is 0 Å². The summed E-state index contributed by atoms with van der Waals surface area (Å²) in [7, 11) is 3.02. The van der Waals surface area contributed by atoms with E-state index in [0.717, 1.165) is 0 Å². The maximum Gasteiger partial charge on any atom is 0.319 e. The fourth-order valence-electron chi connectivity index (χ4n) is 2.99. The number of anilines is 1. The van der Waals surface area contributed by atoms with E-state index in [-0.39, 0.29) is 0 Å². The van der Waals surface area contributed by atoms with Crippen molar-refractivity contribution in [1.29, 1.82) is 0 Å². The molecule has 2 aromatic rings. The Kier molecular flexibility index (Phi) is 5.49. The molecule has 0 saturated carbocycles. The van der Waals surface area contributed by atoms with Gasteiger partial charge in [0.2, 0.25) is 0 Å². The van der Waals surface area contributed by atoms with Crippen LogP contribution in [0.15, 0.2) is 53.7 Å². The van der Waals surface area contributed by atoms with Crippen molar-refractivity contribution in [1.82, 2.24) is 10.6 Å². The first-order chi connectivity index (χ1) is 13.4. The number of carbonyl (C=O) groups is 2. The molecule has 1 atom stereocenters. The molecule has 3 N–H and O–H groups in total. The van der Waals surface area contributed by atoms with Gasteiger partial charge >= 0.3 is 6.03 Å². The van der Waals surface area contributed by atoms with Crippen LogP contribution in [-0.4, -0.2) is 26.2 Å². The smallest absolute Gasteiger partial charge is 0.319 e. The number of amides is 3. The number of benzene rings is 2. The fraction of sp³-hybridized carbons (Fsp3) is 0.200. The Bertz CT molecular complexity index is 941. The first kappa shape index (κ1) is 19.2. The standard InChI is InChI=1S/C20H20FN3O4/c1-11-17(18(24-20(26)22-11)12-4-6-13(21)7-5-12)19(25)23-15-9-8-14(27-2)10-16(15)28-3/h4-10,18H,1-3H3,(H,23,25)(H2,22,24,26). The summed E-state index contributed by atoms with van der Waals surface area (Å²) in [6.07, 6.45) is 0. The van der Waals surface area contributed by atoms with Crippen molar-refractivity contribution in [2.24, 2.45) is 0 Å². The average molecular weight is 385 g/mol. The van der Waals surface area contributed by atoms with Crippen molar-refractivity contribution < 1.29 is 23.5 Å². The molecule has 0 aromatic heterocycles. The molecule has 1 heterocycles. The molecule has 3 rings (SSSR count). The lowest BCUT2D eigenvalue weighted by molar-refractivity contribution is -0.113. The predicted octanol–water partition coefficient (Wildman–Crippen LogP) is 3.11. The van der Waals surface area contributed by atoms with E-state index in [0.29, 0.717) is 34.0 Å². The number of carbonyl (C=O) groups excluding carboxylic acids is 2. The molecule has 0 radical (unpaired) electrons. The molecule has 0 spiro atoms. The molecule has 28 heavy (non-hydrogen) atoms. The second-order valence-corrected chi connectivity index (χ2v) is 6.14. The predicted molar refractivity (Wildman–Crippen MR) is 102 cm³/mol. The van der Waals surface area contributed by atoms with E-state index in [2.05, 4.69) is 16.0 Å². The highest BCUT2D eigenvalue weighted by Gasteiger charge is 2.31. The second-order valence-electron chi connectivity index (χ2n) is 6.14. The van der Waals surface area contributed by atoms with E-state index < -0.39 is 23.8 Å². The zero-order valence-electron chi connectivity index (χ0n) is 15.6. The molecule has 1 aliphatic rings. The van der Waals surface area contributed by atoms with Crippen LogP contribution in [0.2, 0.25) is 0 Å². The van der Waals surface area contributed by atoms with Gasteiger partial charge in [-0.25, -0.2) is 9.18 Å². The normalized spacial score (nSPS) is 16.1. The summed E-state index contributed by atoms with van der Waals surface area (Å²) < 4.78 is 23.7. The van der Waals surface area contributed by atoms with Gasteiger partial charge in [0.05, 0.1) is 31.5 Å². The quantitative estimate of drug-likeness (QED) is 0.738. The van der Waals surface area contributed by atoms with Crippen molar-refractivity contribution in [2.45, 2.75) is 13.0 Å². The van der Waals surface area contributed by atoms with Gasteiger partial charge in [-0.1, -0.05) is 12.1 Å². The third-order valence-corrected chi connectivity index (χ3v) is 4.37. The zero-order valence-corrected chi connectivity index (χ0v) is 15.6. The van der Waals surface area contributed by atoms with Gasteiger partial charge in [-0.2, -0.15) is 0 Å². The molecule has 7 nitrogen and oxygen atoms in total. The van der Waals surface area contributed by atoms with E-state index in [4.69, 9.17) is 9.47 Å². The monoisotopic (exact) mass is 385 g/mol. The van der Waals surface area contributed by atoms with Crippen molar-refractivity contribution in [3.8, 4) is 11.5 Å². The summed E-state index contributed by atoms with van der Waals surface area (Å²) in [5.74, 6) is 0.180. The van der Waals surface area contributed by atoms with Crippen LogP contribution in [0.3, 0.4) is 0 Å². The van der Waals surface area contributed by atoms with Crippen molar-refractivity contribution in [3.05, 3.63) is 65.1 Å². The fourth-order valence-corrected chi connectivity index (χ4v) is 2.99. The molecule has 8 heteroatoms. The van der Waals surface area contributed by atoms with E-state index in [1.165, 1.54) is 38.5 Å². The number of rotatable bonds is 5. The average Bonchev–Trinajstić information content (AvgIpc) is 2.68. The summed E-state index contributed by atoms with van der Waals surface area (Å²) in [4.78, 5) is 25.0.